The highest BCUT2D eigenvalue weighted by Crippen LogP contribution is 2.13. The van der Waals surface area contributed by atoms with Crippen LogP contribution in [-0.4, -0.2) is 26.2 Å². The van der Waals surface area contributed by atoms with Gasteiger partial charge in [-0.2, -0.15) is 0 Å². The lowest BCUT2D eigenvalue weighted by Crippen LogP contribution is -2.24. The third-order valence-electron chi connectivity index (χ3n) is 2.87. The highest BCUT2D eigenvalue weighted by atomic mass is 32.2. The molecular weight excluding hydrogens is 264 g/mol. The maximum atomic E-state index is 11.5. The Bertz CT molecular complexity index is 763. The van der Waals surface area contributed by atoms with Crippen molar-refractivity contribution >= 4 is 20.9 Å². The molecule has 0 amide bonds. The first-order chi connectivity index (χ1) is 8.85. The highest BCUT2D eigenvalue weighted by Gasteiger charge is 2.03. The third-order valence-corrected chi connectivity index (χ3v) is 3.60. The minimum absolute atomic E-state index is 0.0843. The summed E-state index contributed by atoms with van der Waals surface area (Å²) in [5, 5.41) is 0.953. The molecule has 0 unspecified atom stereocenters. The molecule has 2 N–H and O–H groups in total. The second kappa shape index (κ2) is 5.14. The zero-order valence-corrected chi connectivity index (χ0v) is 11.7. The second-order valence-electron chi connectivity index (χ2n) is 4.62. The predicted molar refractivity (Wildman–Crippen MR) is 75.9 cm³/mol. The molecule has 1 aromatic carbocycles. The number of fused-ring (bicyclic) bond motifs is 1. The van der Waals surface area contributed by atoms with E-state index in [1.807, 2.05) is 24.3 Å². The fourth-order valence-corrected chi connectivity index (χ4v) is 2.37. The zero-order chi connectivity index (χ0) is 14.0. The van der Waals surface area contributed by atoms with Gasteiger partial charge in [-0.3, -0.25) is 4.79 Å². The van der Waals surface area contributed by atoms with E-state index in [2.05, 4.69) is 9.71 Å². The number of benzene rings is 1. The Balaban J connectivity index is 2.22. The summed E-state index contributed by atoms with van der Waals surface area (Å²) in [4.78, 5) is 14.3. The van der Waals surface area contributed by atoms with E-state index in [4.69, 9.17) is 0 Å². The van der Waals surface area contributed by atoms with Crippen LogP contribution in [-0.2, 0) is 16.4 Å². The van der Waals surface area contributed by atoms with Gasteiger partial charge in [0.1, 0.15) is 0 Å². The van der Waals surface area contributed by atoms with Crippen LogP contribution in [0, 0.1) is 6.92 Å². The highest BCUT2D eigenvalue weighted by molar-refractivity contribution is 7.88. The largest absolute Gasteiger partial charge is 0.322 e. The van der Waals surface area contributed by atoms with Gasteiger partial charge in [0, 0.05) is 17.6 Å². The summed E-state index contributed by atoms with van der Waals surface area (Å²) in [7, 11) is -3.15. The summed E-state index contributed by atoms with van der Waals surface area (Å²) in [5.74, 6) is 0. The van der Waals surface area contributed by atoms with Crippen molar-refractivity contribution in [3.05, 3.63) is 45.7 Å². The van der Waals surface area contributed by atoms with E-state index in [0.29, 0.717) is 18.5 Å². The van der Waals surface area contributed by atoms with Crippen LogP contribution >= 0.6 is 0 Å². The molecule has 0 aliphatic heterocycles. The summed E-state index contributed by atoms with van der Waals surface area (Å²) in [6.07, 6.45) is 1.75. The SMILES string of the molecule is Cc1cc2cc(CCNS(C)(=O)=O)ccc2[nH]c1=O. The summed E-state index contributed by atoms with van der Waals surface area (Å²) in [5.41, 5.74) is 2.39. The molecule has 5 nitrogen and oxygen atoms in total. The maximum Gasteiger partial charge on any atom is 0.251 e. The number of aromatic nitrogens is 1. The fourth-order valence-electron chi connectivity index (χ4n) is 1.90. The Morgan fingerprint density at radius 3 is 2.68 bits per heavy atom. The summed E-state index contributed by atoms with van der Waals surface area (Å²) >= 11 is 0. The molecular formula is C13H16N2O3S. The molecule has 2 aromatic rings. The van der Waals surface area contributed by atoms with Crippen LogP contribution in [0.2, 0.25) is 0 Å². The van der Waals surface area contributed by atoms with E-state index in [9.17, 15) is 13.2 Å². The van der Waals surface area contributed by atoms with E-state index in [1.165, 1.54) is 0 Å². The Labute approximate surface area is 111 Å². The van der Waals surface area contributed by atoms with Crippen molar-refractivity contribution in [3.8, 4) is 0 Å². The molecule has 0 fully saturated rings. The van der Waals surface area contributed by atoms with Gasteiger partial charge in [0.05, 0.1) is 6.26 Å². The molecule has 1 heterocycles. The van der Waals surface area contributed by atoms with Crippen molar-refractivity contribution in [3.63, 3.8) is 0 Å². The van der Waals surface area contributed by atoms with E-state index >= 15 is 0 Å². The molecule has 19 heavy (non-hydrogen) atoms. The smallest absolute Gasteiger partial charge is 0.251 e. The van der Waals surface area contributed by atoms with Gasteiger partial charge in [0.25, 0.3) is 5.56 Å². The fraction of sp³-hybridized carbons (Fsp3) is 0.308. The molecule has 0 saturated carbocycles. The molecule has 6 heteroatoms. The van der Waals surface area contributed by atoms with Crippen LogP contribution in [0.4, 0.5) is 0 Å². The normalized spacial score (nSPS) is 11.9. The van der Waals surface area contributed by atoms with E-state index in [-0.39, 0.29) is 5.56 Å². The number of pyridine rings is 1. The Kier molecular flexibility index (Phi) is 3.73. The average molecular weight is 280 g/mol. The molecule has 0 aliphatic rings. The number of H-pyrrole nitrogens is 1. The van der Waals surface area contributed by atoms with Crippen molar-refractivity contribution in [2.75, 3.05) is 12.8 Å². The van der Waals surface area contributed by atoms with Gasteiger partial charge in [-0.25, -0.2) is 13.1 Å². The van der Waals surface area contributed by atoms with Gasteiger partial charge >= 0.3 is 0 Å². The number of aromatic amines is 1. The monoisotopic (exact) mass is 280 g/mol. The Morgan fingerprint density at radius 1 is 1.26 bits per heavy atom. The van der Waals surface area contributed by atoms with Gasteiger partial charge in [-0.1, -0.05) is 6.07 Å². The number of sulfonamides is 1. The topological polar surface area (TPSA) is 79.0 Å². The lowest BCUT2D eigenvalue weighted by atomic mass is 10.1. The molecule has 0 spiro atoms. The molecule has 0 aliphatic carbocycles. The van der Waals surface area contributed by atoms with Crippen LogP contribution in [0.25, 0.3) is 10.9 Å². The maximum absolute atomic E-state index is 11.5. The van der Waals surface area contributed by atoms with Crippen molar-refractivity contribution in [1.82, 2.24) is 9.71 Å². The van der Waals surface area contributed by atoms with E-state index < -0.39 is 10.0 Å². The molecule has 0 radical (unpaired) electrons. The average Bonchev–Trinajstić information content (AvgIpc) is 2.29. The van der Waals surface area contributed by atoms with Crippen LogP contribution < -0.4 is 10.3 Å². The van der Waals surface area contributed by atoms with Crippen molar-refractivity contribution in [1.29, 1.82) is 0 Å². The van der Waals surface area contributed by atoms with Crippen LogP contribution in [0.3, 0.4) is 0 Å². The van der Waals surface area contributed by atoms with E-state index in [0.717, 1.165) is 22.7 Å². The first-order valence-corrected chi connectivity index (χ1v) is 7.81. The first-order valence-electron chi connectivity index (χ1n) is 5.92. The van der Waals surface area contributed by atoms with Crippen LogP contribution in [0.1, 0.15) is 11.1 Å². The molecule has 0 atom stereocenters. The van der Waals surface area contributed by atoms with Crippen molar-refractivity contribution in [2.45, 2.75) is 13.3 Å². The number of rotatable bonds is 4. The Hall–Kier alpha value is -1.66. The summed E-state index contributed by atoms with van der Waals surface area (Å²) in [6, 6.07) is 7.52. The predicted octanol–water partition coefficient (Wildman–Crippen LogP) is 0.928. The molecule has 0 saturated heterocycles. The molecule has 2 rings (SSSR count). The summed E-state index contributed by atoms with van der Waals surface area (Å²) < 4.78 is 24.4. The molecule has 0 bridgehead atoms. The number of nitrogens with one attached hydrogen (secondary N) is 2. The van der Waals surface area contributed by atoms with Gasteiger partial charge in [0.15, 0.2) is 0 Å². The van der Waals surface area contributed by atoms with Crippen molar-refractivity contribution < 1.29 is 8.42 Å². The minimum Gasteiger partial charge on any atom is -0.322 e. The zero-order valence-electron chi connectivity index (χ0n) is 10.9. The second-order valence-corrected chi connectivity index (χ2v) is 6.45. The first kappa shape index (κ1) is 13.8. The van der Waals surface area contributed by atoms with E-state index in [1.54, 1.807) is 6.92 Å². The van der Waals surface area contributed by atoms with Gasteiger partial charge < -0.3 is 4.98 Å². The number of aryl methyl sites for hydroxylation is 1. The van der Waals surface area contributed by atoms with Gasteiger partial charge in [0.2, 0.25) is 10.0 Å². The van der Waals surface area contributed by atoms with Crippen LogP contribution in [0.15, 0.2) is 29.1 Å². The van der Waals surface area contributed by atoms with Crippen molar-refractivity contribution in [2.24, 2.45) is 0 Å². The minimum atomic E-state index is -3.15. The number of hydrogen-bond donors (Lipinski definition) is 2. The van der Waals surface area contributed by atoms with Crippen LogP contribution in [0.5, 0.6) is 0 Å². The van der Waals surface area contributed by atoms with Gasteiger partial charge in [-0.15, -0.1) is 0 Å². The summed E-state index contributed by atoms with van der Waals surface area (Å²) in [6.45, 7) is 2.13. The molecule has 1 aromatic heterocycles. The molecule has 102 valence electrons. The third kappa shape index (κ3) is 3.65. The van der Waals surface area contributed by atoms with Gasteiger partial charge in [-0.05, 0) is 42.5 Å². The quantitative estimate of drug-likeness (QED) is 0.874. The lowest BCUT2D eigenvalue weighted by molar-refractivity contribution is 0.588. The number of hydrogen-bond acceptors (Lipinski definition) is 3. The Morgan fingerprint density at radius 2 is 2.00 bits per heavy atom. The lowest BCUT2D eigenvalue weighted by Gasteiger charge is -2.05. The standard InChI is InChI=1S/C13H16N2O3S/c1-9-7-11-8-10(5-6-14-19(2,17)18)3-4-12(11)15-13(9)16/h3-4,7-8,14H,5-6H2,1-2H3,(H,15,16).